The van der Waals surface area contributed by atoms with E-state index in [0.717, 1.165) is 38.5 Å². The van der Waals surface area contributed by atoms with Crippen molar-refractivity contribution in [2.24, 2.45) is 0 Å². The van der Waals surface area contributed by atoms with E-state index in [4.69, 9.17) is 5.11 Å². The van der Waals surface area contributed by atoms with Crippen LogP contribution in [-0.2, 0) is 16.0 Å². The standard InChI is InChI=1S/C18H27NO4/c1-23-17(21)12-13-19-18(22)16-10-8-15(9-11-16)7-5-3-2-4-6-14-20/h8-11,20H,2-7,12-14H2,1H3,(H,19,22). The largest absolute Gasteiger partial charge is 0.469 e. The van der Waals surface area contributed by atoms with Gasteiger partial charge in [-0.25, -0.2) is 0 Å². The number of nitrogens with one attached hydrogen (secondary N) is 1. The normalized spacial score (nSPS) is 10.3. The fourth-order valence-corrected chi connectivity index (χ4v) is 2.28. The van der Waals surface area contributed by atoms with Gasteiger partial charge in [-0.2, -0.15) is 0 Å². The average Bonchev–Trinajstić information content (AvgIpc) is 2.58. The van der Waals surface area contributed by atoms with Crippen molar-refractivity contribution >= 4 is 11.9 Å². The first kappa shape index (κ1) is 19.2. The lowest BCUT2D eigenvalue weighted by atomic mass is 10.0. The maximum atomic E-state index is 11.9. The van der Waals surface area contributed by atoms with Gasteiger partial charge < -0.3 is 15.2 Å². The molecule has 5 nitrogen and oxygen atoms in total. The minimum absolute atomic E-state index is 0.176. The van der Waals surface area contributed by atoms with Crippen molar-refractivity contribution in [2.45, 2.75) is 44.9 Å². The van der Waals surface area contributed by atoms with Crippen LogP contribution in [0.2, 0.25) is 0 Å². The molecule has 0 aromatic heterocycles. The second kappa shape index (κ2) is 11.7. The number of esters is 1. The summed E-state index contributed by atoms with van der Waals surface area (Å²) in [7, 11) is 1.33. The zero-order valence-corrected chi connectivity index (χ0v) is 13.8. The smallest absolute Gasteiger partial charge is 0.307 e. The van der Waals surface area contributed by atoms with Crippen molar-refractivity contribution in [2.75, 3.05) is 20.3 Å². The number of hydrogen-bond donors (Lipinski definition) is 2. The van der Waals surface area contributed by atoms with E-state index in [9.17, 15) is 9.59 Å². The summed E-state index contributed by atoms with van der Waals surface area (Å²) in [5.41, 5.74) is 1.82. The average molecular weight is 321 g/mol. The highest BCUT2D eigenvalue weighted by atomic mass is 16.5. The molecule has 5 heteroatoms. The molecule has 2 N–H and O–H groups in total. The molecule has 0 aliphatic carbocycles. The number of rotatable bonds is 11. The van der Waals surface area contributed by atoms with Crippen LogP contribution in [-0.4, -0.2) is 37.2 Å². The van der Waals surface area contributed by atoms with E-state index >= 15 is 0 Å². The Labute approximate surface area is 138 Å². The van der Waals surface area contributed by atoms with Gasteiger partial charge in [0.15, 0.2) is 0 Å². The quantitative estimate of drug-likeness (QED) is 0.485. The molecule has 0 radical (unpaired) electrons. The van der Waals surface area contributed by atoms with Crippen molar-refractivity contribution < 1.29 is 19.4 Å². The van der Waals surface area contributed by atoms with Gasteiger partial charge >= 0.3 is 5.97 Å². The lowest BCUT2D eigenvalue weighted by Gasteiger charge is -2.06. The SMILES string of the molecule is COC(=O)CCNC(=O)c1ccc(CCCCCCCO)cc1. The third-order valence-electron chi connectivity index (χ3n) is 3.68. The Morgan fingerprint density at radius 3 is 2.35 bits per heavy atom. The molecule has 1 aromatic rings. The third kappa shape index (κ3) is 8.35. The molecule has 0 spiro atoms. The van der Waals surface area contributed by atoms with Crippen LogP contribution in [0.15, 0.2) is 24.3 Å². The first-order valence-corrected chi connectivity index (χ1v) is 8.22. The lowest BCUT2D eigenvalue weighted by molar-refractivity contribution is -0.140. The molecular weight excluding hydrogens is 294 g/mol. The Balaban J connectivity index is 2.26. The summed E-state index contributed by atoms with van der Waals surface area (Å²) in [5, 5.41) is 11.4. The Hall–Kier alpha value is -1.88. The number of amides is 1. The molecule has 1 rings (SSSR count). The molecule has 0 unspecified atom stereocenters. The fourth-order valence-electron chi connectivity index (χ4n) is 2.28. The highest BCUT2D eigenvalue weighted by Gasteiger charge is 2.06. The second-order valence-electron chi connectivity index (χ2n) is 5.52. The Bertz CT molecular complexity index is 470. The number of aliphatic hydroxyl groups excluding tert-OH is 1. The number of benzene rings is 1. The maximum Gasteiger partial charge on any atom is 0.307 e. The van der Waals surface area contributed by atoms with Crippen molar-refractivity contribution in [3.63, 3.8) is 0 Å². The highest BCUT2D eigenvalue weighted by Crippen LogP contribution is 2.10. The summed E-state index contributed by atoms with van der Waals surface area (Å²) >= 11 is 0. The predicted molar refractivity (Wildman–Crippen MR) is 89.3 cm³/mol. The molecule has 128 valence electrons. The minimum Gasteiger partial charge on any atom is -0.469 e. The number of aryl methyl sites for hydroxylation is 1. The molecular formula is C18H27NO4. The summed E-state index contributed by atoms with van der Waals surface area (Å²) in [6.07, 6.45) is 6.59. The van der Waals surface area contributed by atoms with Crippen molar-refractivity contribution in [1.29, 1.82) is 0 Å². The van der Waals surface area contributed by atoms with Crippen molar-refractivity contribution in [3.05, 3.63) is 35.4 Å². The highest BCUT2D eigenvalue weighted by molar-refractivity contribution is 5.94. The first-order valence-electron chi connectivity index (χ1n) is 8.22. The lowest BCUT2D eigenvalue weighted by Crippen LogP contribution is -2.26. The number of carbonyl (C=O) groups excluding carboxylic acids is 2. The van der Waals surface area contributed by atoms with Gasteiger partial charge in [0.2, 0.25) is 0 Å². The fraction of sp³-hybridized carbons (Fsp3) is 0.556. The summed E-state index contributed by atoms with van der Waals surface area (Å²) in [4.78, 5) is 22.9. The van der Waals surface area contributed by atoms with E-state index < -0.39 is 0 Å². The molecule has 23 heavy (non-hydrogen) atoms. The van der Waals surface area contributed by atoms with Gasteiger partial charge in [0.25, 0.3) is 5.91 Å². The first-order chi connectivity index (χ1) is 11.2. The predicted octanol–water partition coefficient (Wildman–Crippen LogP) is 2.46. The van der Waals surface area contributed by atoms with Gasteiger partial charge in [-0.15, -0.1) is 0 Å². The molecule has 1 amide bonds. The van der Waals surface area contributed by atoms with E-state index in [1.54, 1.807) is 0 Å². The zero-order valence-electron chi connectivity index (χ0n) is 13.8. The summed E-state index contributed by atoms with van der Waals surface area (Å²) < 4.78 is 4.52. The van der Waals surface area contributed by atoms with E-state index in [1.807, 2.05) is 24.3 Å². The van der Waals surface area contributed by atoms with E-state index in [1.165, 1.54) is 12.7 Å². The third-order valence-corrected chi connectivity index (χ3v) is 3.68. The van der Waals surface area contributed by atoms with E-state index in [2.05, 4.69) is 10.1 Å². The molecule has 0 atom stereocenters. The van der Waals surface area contributed by atoms with E-state index in [0.29, 0.717) is 5.56 Å². The van der Waals surface area contributed by atoms with Crippen LogP contribution in [0.4, 0.5) is 0 Å². The van der Waals surface area contributed by atoms with Crippen LogP contribution in [0.5, 0.6) is 0 Å². The molecule has 0 heterocycles. The Morgan fingerprint density at radius 1 is 1.04 bits per heavy atom. The Kier molecular flexibility index (Phi) is 9.71. The maximum absolute atomic E-state index is 11.9. The number of hydrogen-bond acceptors (Lipinski definition) is 4. The van der Waals surface area contributed by atoms with Gasteiger partial charge in [-0.1, -0.05) is 31.4 Å². The molecule has 1 aromatic carbocycles. The van der Waals surface area contributed by atoms with Gasteiger partial charge in [0.05, 0.1) is 13.5 Å². The monoisotopic (exact) mass is 321 g/mol. The van der Waals surface area contributed by atoms with Crippen LogP contribution >= 0.6 is 0 Å². The zero-order chi connectivity index (χ0) is 16.9. The van der Waals surface area contributed by atoms with Gasteiger partial charge in [0.1, 0.15) is 0 Å². The summed E-state index contributed by atoms with van der Waals surface area (Å²) in [5.74, 6) is -0.510. The van der Waals surface area contributed by atoms with Crippen LogP contribution < -0.4 is 5.32 Å². The van der Waals surface area contributed by atoms with Crippen molar-refractivity contribution in [1.82, 2.24) is 5.32 Å². The second-order valence-corrected chi connectivity index (χ2v) is 5.52. The van der Waals surface area contributed by atoms with E-state index in [-0.39, 0.29) is 31.4 Å². The van der Waals surface area contributed by atoms with Gasteiger partial charge in [-0.05, 0) is 37.0 Å². The molecule has 0 fully saturated rings. The van der Waals surface area contributed by atoms with Gasteiger partial charge in [-0.3, -0.25) is 9.59 Å². The molecule has 0 aliphatic heterocycles. The van der Waals surface area contributed by atoms with Crippen LogP contribution in [0.25, 0.3) is 0 Å². The molecule has 0 aliphatic rings. The molecule has 0 bridgehead atoms. The summed E-state index contributed by atoms with van der Waals surface area (Å²) in [6.45, 7) is 0.560. The number of ether oxygens (including phenoxy) is 1. The molecule has 0 saturated heterocycles. The summed E-state index contributed by atoms with van der Waals surface area (Å²) in [6, 6.07) is 7.58. The molecule has 0 saturated carbocycles. The van der Waals surface area contributed by atoms with Crippen LogP contribution in [0.1, 0.15) is 54.4 Å². The van der Waals surface area contributed by atoms with Gasteiger partial charge in [0, 0.05) is 18.7 Å². The van der Waals surface area contributed by atoms with Crippen LogP contribution in [0.3, 0.4) is 0 Å². The van der Waals surface area contributed by atoms with Crippen molar-refractivity contribution in [3.8, 4) is 0 Å². The topological polar surface area (TPSA) is 75.6 Å². The minimum atomic E-state index is -0.334. The Morgan fingerprint density at radius 2 is 1.70 bits per heavy atom. The number of unbranched alkanes of at least 4 members (excludes halogenated alkanes) is 4. The van der Waals surface area contributed by atoms with Crippen LogP contribution in [0, 0.1) is 0 Å². The number of aliphatic hydroxyl groups is 1. The number of methoxy groups -OCH3 is 1. The number of carbonyl (C=O) groups is 2.